The summed E-state index contributed by atoms with van der Waals surface area (Å²) in [5.74, 6) is 0. The average Bonchev–Trinajstić information content (AvgIpc) is 3.13. The molecule has 0 amide bonds. The van der Waals surface area contributed by atoms with Crippen molar-refractivity contribution in [2.24, 2.45) is 0 Å². The summed E-state index contributed by atoms with van der Waals surface area (Å²) < 4.78 is 31.2. The van der Waals surface area contributed by atoms with E-state index in [1.807, 2.05) is 6.07 Å². The van der Waals surface area contributed by atoms with E-state index in [0.29, 0.717) is 11.1 Å². The molecule has 0 aliphatic carbocycles. The van der Waals surface area contributed by atoms with E-state index >= 15 is 0 Å². The van der Waals surface area contributed by atoms with Crippen LogP contribution in [-0.2, 0) is 10.0 Å². The zero-order chi connectivity index (χ0) is 18.7. The van der Waals surface area contributed by atoms with E-state index < -0.39 is 10.0 Å². The second-order valence-electron chi connectivity index (χ2n) is 6.51. The minimum absolute atomic E-state index is 0.124. The largest absolute Gasteiger partial charge is 0.294 e. The molecule has 1 saturated heterocycles. The fraction of sp³-hybridized carbons (Fsp3) is 0.529. The number of hydrogen-bond acceptors (Lipinski definition) is 6. The van der Waals surface area contributed by atoms with Crippen molar-refractivity contribution in [3.8, 4) is 0 Å². The molecule has 1 unspecified atom stereocenters. The van der Waals surface area contributed by atoms with Crippen molar-refractivity contribution in [2.75, 3.05) is 11.3 Å². The maximum absolute atomic E-state index is 12.5. The van der Waals surface area contributed by atoms with Crippen molar-refractivity contribution in [2.45, 2.75) is 56.5 Å². The SMILES string of the molecule is CCC1CCCCN1[C@H](C)c1ccc(S(=O)(=O)Nc2ncns2)cc1Cl. The van der Waals surface area contributed by atoms with Crippen LogP contribution in [0.2, 0.25) is 5.02 Å². The second kappa shape index (κ2) is 8.21. The summed E-state index contributed by atoms with van der Waals surface area (Å²) in [5.41, 5.74) is 0.960. The normalized spacial score (nSPS) is 20.0. The molecule has 1 aliphatic rings. The van der Waals surface area contributed by atoms with Crippen molar-refractivity contribution < 1.29 is 8.42 Å². The Morgan fingerprint density at radius 2 is 2.23 bits per heavy atom. The molecular weight excluding hydrogens is 392 g/mol. The van der Waals surface area contributed by atoms with Crippen LogP contribution in [0.25, 0.3) is 0 Å². The zero-order valence-electron chi connectivity index (χ0n) is 14.9. The van der Waals surface area contributed by atoms with Crippen LogP contribution >= 0.6 is 23.1 Å². The van der Waals surface area contributed by atoms with Gasteiger partial charge in [0.05, 0.1) is 4.90 Å². The molecular formula is C17H23ClN4O2S2. The van der Waals surface area contributed by atoms with Gasteiger partial charge in [-0.25, -0.2) is 13.4 Å². The van der Waals surface area contributed by atoms with E-state index in [4.69, 9.17) is 11.6 Å². The third-order valence-corrected chi connectivity index (χ3v) is 7.33. The van der Waals surface area contributed by atoms with Gasteiger partial charge in [-0.2, -0.15) is 4.37 Å². The first kappa shape index (κ1) is 19.5. The standard InChI is InChI=1S/C17H23ClN4O2S2/c1-3-13-6-4-5-9-22(13)12(2)15-8-7-14(10-16(15)18)26(23,24)21-17-19-11-20-25-17/h7-8,10-13H,3-6,9H2,1-2H3,(H,19,20,21)/t12-,13?/m1/s1. The highest BCUT2D eigenvalue weighted by Crippen LogP contribution is 2.34. The summed E-state index contributed by atoms with van der Waals surface area (Å²) in [6.45, 7) is 5.41. The topological polar surface area (TPSA) is 75.2 Å². The average molecular weight is 415 g/mol. The number of nitrogens with one attached hydrogen (secondary N) is 1. The molecule has 0 radical (unpaired) electrons. The van der Waals surface area contributed by atoms with E-state index in [-0.39, 0.29) is 16.1 Å². The Kier molecular flexibility index (Phi) is 6.17. The number of anilines is 1. The number of halogens is 1. The van der Waals surface area contributed by atoms with Gasteiger partial charge in [-0.15, -0.1) is 0 Å². The molecule has 9 heteroatoms. The van der Waals surface area contributed by atoms with Crippen molar-refractivity contribution in [3.05, 3.63) is 35.1 Å². The van der Waals surface area contributed by atoms with Crippen molar-refractivity contribution in [3.63, 3.8) is 0 Å². The lowest BCUT2D eigenvalue weighted by molar-refractivity contribution is 0.100. The number of benzene rings is 1. The lowest BCUT2D eigenvalue weighted by Gasteiger charge is -2.40. The van der Waals surface area contributed by atoms with Crippen molar-refractivity contribution in [1.29, 1.82) is 0 Å². The Morgan fingerprint density at radius 1 is 1.42 bits per heavy atom. The van der Waals surface area contributed by atoms with Gasteiger partial charge < -0.3 is 0 Å². The maximum atomic E-state index is 12.5. The number of likely N-dealkylation sites (tertiary alicyclic amines) is 1. The molecule has 6 nitrogen and oxygen atoms in total. The van der Waals surface area contributed by atoms with Crippen LogP contribution in [0.15, 0.2) is 29.4 Å². The van der Waals surface area contributed by atoms with E-state index in [2.05, 4.69) is 32.8 Å². The van der Waals surface area contributed by atoms with Crippen LogP contribution in [0.1, 0.15) is 51.1 Å². The number of piperidine rings is 1. The lowest BCUT2D eigenvalue weighted by Crippen LogP contribution is -2.40. The van der Waals surface area contributed by atoms with Gasteiger partial charge >= 0.3 is 0 Å². The minimum Gasteiger partial charge on any atom is -0.294 e. The van der Waals surface area contributed by atoms with Gasteiger partial charge in [-0.05, 0) is 50.4 Å². The molecule has 2 heterocycles. The molecule has 1 aromatic carbocycles. The molecule has 1 aromatic heterocycles. The molecule has 0 spiro atoms. The van der Waals surface area contributed by atoms with E-state index in [1.165, 1.54) is 31.7 Å². The predicted octanol–water partition coefficient (Wildman–Crippen LogP) is 4.32. The summed E-state index contributed by atoms with van der Waals surface area (Å²) in [6, 6.07) is 5.65. The Hall–Kier alpha value is -1.22. The highest BCUT2D eigenvalue weighted by molar-refractivity contribution is 7.93. The van der Waals surface area contributed by atoms with Gasteiger partial charge in [0.1, 0.15) is 6.33 Å². The zero-order valence-corrected chi connectivity index (χ0v) is 17.2. The summed E-state index contributed by atoms with van der Waals surface area (Å²) in [4.78, 5) is 6.46. The van der Waals surface area contributed by atoms with Crippen LogP contribution in [0, 0.1) is 0 Å². The lowest BCUT2D eigenvalue weighted by atomic mass is 9.95. The number of nitrogens with zero attached hydrogens (tertiary/aromatic N) is 3. The molecule has 1 aliphatic heterocycles. The predicted molar refractivity (Wildman–Crippen MR) is 105 cm³/mol. The summed E-state index contributed by atoms with van der Waals surface area (Å²) in [5, 5.41) is 0.704. The Bertz CT molecular complexity index is 842. The van der Waals surface area contributed by atoms with Crippen LogP contribution in [0.4, 0.5) is 5.13 Å². The first-order chi connectivity index (χ1) is 12.4. The van der Waals surface area contributed by atoms with Gasteiger partial charge in [0.25, 0.3) is 10.0 Å². The van der Waals surface area contributed by atoms with Crippen molar-refractivity contribution in [1.82, 2.24) is 14.3 Å². The van der Waals surface area contributed by atoms with E-state index in [9.17, 15) is 8.42 Å². The third-order valence-electron chi connectivity index (χ3n) is 4.96. The van der Waals surface area contributed by atoms with Gasteiger partial charge in [-0.1, -0.05) is 31.0 Å². The fourth-order valence-electron chi connectivity index (χ4n) is 3.56. The molecule has 26 heavy (non-hydrogen) atoms. The van der Waals surface area contributed by atoms with Gasteiger partial charge in [0.2, 0.25) is 5.13 Å². The summed E-state index contributed by atoms with van der Waals surface area (Å²) in [6.07, 6.45) is 6.08. The number of aromatic nitrogens is 2. The summed E-state index contributed by atoms with van der Waals surface area (Å²) in [7, 11) is -3.73. The molecule has 2 aromatic rings. The summed E-state index contributed by atoms with van der Waals surface area (Å²) >= 11 is 7.47. The number of sulfonamides is 1. The van der Waals surface area contributed by atoms with Crippen LogP contribution in [-0.4, -0.2) is 35.3 Å². The number of rotatable bonds is 6. The Labute approximate surface area is 163 Å². The monoisotopic (exact) mass is 414 g/mol. The first-order valence-electron chi connectivity index (χ1n) is 8.77. The highest BCUT2D eigenvalue weighted by atomic mass is 35.5. The van der Waals surface area contributed by atoms with Crippen LogP contribution in [0.5, 0.6) is 0 Å². The minimum atomic E-state index is -3.73. The maximum Gasteiger partial charge on any atom is 0.263 e. The molecule has 3 rings (SSSR count). The third kappa shape index (κ3) is 4.19. The molecule has 1 N–H and O–H groups in total. The van der Waals surface area contributed by atoms with E-state index in [0.717, 1.165) is 30.1 Å². The van der Waals surface area contributed by atoms with Gasteiger partial charge in [0, 0.05) is 28.6 Å². The van der Waals surface area contributed by atoms with Crippen LogP contribution < -0.4 is 4.72 Å². The van der Waals surface area contributed by atoms with Gasteiger partial charge in [0.15, 0.2) is 0 Å². The smallest absolute Gasteiger partial charge is 0.263 e. The van der Waals surface area contributed by atoms with Crippen molar-refractivity contribution >= 4 is 38.3 Å². The highest BCUT2D eigenvalue weighted by Gasteiger charge is 2.28. The Balaban J connectivity index is 1.83. The second-order valence-corrected chi connectivity index (χ2v) is 9.38. The molecule has 0 saturated carbocycles. The first-order valence-corrected chi connectivity index (χ1v) is 11.4. The van der Waals surface area contributed by atoms with E-state index in [1.54, 1.807) is 6.07 Å². The number of hydrogen-bond donors (Lipinski definition) is 1. The molecule has 2 atom stereocenters. The van der Waals surface area contributed by atoms with Crippen LogP contribution in [0.3, 0.4) is 0 Å². The fourth-order valence-corrected chi connectivity index (χ4v) is 5.65. The molecule has 0 bridgehead atoms. The quantitative estimate of drug-likeness (QED) is 0.761. The Morgan fingerprint density at radius 3 is 2.88 bits per heavy atom. The molecule has 1 fully saturated rings. The van der Waals surface area contributed by atoms with Gasteiger partial charge in [-0.3, -0.25) is 9.62 Å². The molecule has 142 valence electrons.